The second-order valence-corrected chi connectivity index (χ2v) is 9.34. The van der Waals surface area contributed by atoms with Crippen LogP contribution in [0.15, 0.2) is 42.5 Å². The Bertz CT molecular complexity index is 1030. The van der Waals surface area contributed by atoms with Crippen molar-refractivity contribution in [2.24, 2.45) is 0 Å². The zero-order chi connectivity index (χ0) is 25.5. The zero-order valence-corrected chi connectivity index (χ0v) is 22.9. The molecule has 188 valence electrons. The summed E-state index contributed by atoms with van der Waals surface area (Å²) >= 11 is 2.19. The van der Waals surface area contributed by atoms with Crippen molar-refractivity contribution in [2.45, 2.75) is 32.1 Å². The second kappa shape index (κ2) is 16.0. The number of rotatable bonds is 15. The molecule has 11 heteroatoms. The van der Waals surface area contributed by atoms with Crippen molar-refractivity contribution in [3.63, 3.8) is 0 Å². The summed E-state index contributed by atoms with van der Waals surface area (Å²) in [4.78, 5) is 28.4. The Labute approximate surface area is 220 Å². The molecule has 0 radical (unpaired) electrons. The van der Waals surface area contributed by atoms with Crippen molar-refractivity contribution in [3.8, 4) is 11.5 Å². The Morgan fingerprint density at radius 3 is 2.60 bits per heavy atom. The summed E-state index contributed by atoms with van der Waals surface area (Å²) in [7, 11) is 2.93. The van der Waals surface area contributed by atoms with Crippen LogP contribution in [0.25, 0.3) is 5.70 Å². The normalized spacial score (nSPS) is 11.2. The lowest BCUT2D eigenvalue weighted by Crippen LogP contribution is -2.15. The van der Waals surface area contributed by atoms with Gasteiger partial charge in [0.25, 0.3) is 5.91 Å². The Kier molecular flexibility index (Phi) is 13.1. The van der Waals surface area contributed by atoms with Gasteiger partial charge in [0.15, 0.2) is 0 Å². The van der Waals surface area contributed by atoms with Crippen molar-refractivity contribution in [2.75, 3.05) is 26.1 Å². The third-order valence-electron chi connectivity index (χ3n) is 4.88. The molecule has 1 unspecified atom stereocenters. The lowest BCUT2D eigenvalue weighted by molar-refractivity contribution is -0.140. The Morgan fingerprint density at radius 1 is 1.11 bits per heavy atom. The van der Waals surface area contributed by atoms with E-state index in [1.165, 1.54) is 20.4 Å². The van der Waals surface area contributed by atoms with E-state index < -0.39 is 0 Å². The average molecular weight is 612 g/mol. The number of ether oxygens (including phenoxy) is 3. The topological polar surface area (TPSA) is 123 Å². The van der Waals surface area contributed by atoms with Crippen LogP contribution >= 0.6 is 28.4 Å². The van der Waals surface area contributed by atoms with Gasteiger partial charge in [-0.2, -0.15) is 0 Å². The largest absolute Gasteiger partial charge is 0.494 e. The summed E-state index contributed by atoms with van der Waals surface area (Å²) in [6.07, 6.45) is 7.18. The maximum absolute atomic E-state index is 12.8. The molecular weight excluding hydrogens is 582 g/mol. The fourth-order valence-corrected chi connectivity index (χ4v) is 4.29. The number of methoxy groups -OCH3 is 2. The molecule has 0 saturated heterocycles. The van der Waals surface area contributed by atoms with Crippen LogP contribution < -0.4 is 19.9 Å². The van der Waals surface area contributed by atoms with Gasteiger partial charge in [0, 0.05) is 25.1 Å². The number of carbonyl (C=O) groups excluding carboxylic acids is 2. The van der Waals surface area contributed by atoms with Crippen LogP contribution in [0.5, 0.6) is 11.5 Å². The molecule has 9 nitrogen and oxygen atoms in total. The number of aromatic nitrogens is 1. The van der Waals surface area contributed by atoms with Crippen molar-refractivity contribution >= 4 is 57.9 Å². The summed E-state index contributed by atoms with van der Waals surface area (Å²) in [5.74, 6) is 0.558. The van der Waals surface area contributed by atoms with Crippen molar-refractivity contribution in [1.82, 2.24) is 10.1 Å². The number of esters is 1. The smallest absolute Gasteiger partial charge is 0.305 e. The van der Waals surface area contributed by atoms with E-state index in [1.807, 2.05) is 0 Å². The molecule has 2 aromatic rings. The molecule has 1 atom stereocenters. The lowest BCUT2D eigenvalue weighted by atomic mass is 10.1. The number of hydrogen-bond acceptors (Lipinski definition) is 8. The number of pyridine rings is 1. The van der Waals surface area contributed by atoms with Gasteiger partial charge in [-0.3, -0.25) is 9.59 Å². The molecule has 35 heavy (non-hydrogen) atoms. The molecular formula is C24H30IN4O5P. The molecule has 1 aromatic heterocycles. The predicted molar refractivity (Wildman–Crippen MR) is 148 cm³/mol. The van der Waals surface area contributed by atoms with Crippen molar-refractivity contribution in [3.05, 3.63) is 53.9 Å². The van der Waals surface area contributed by atoms with Gasteiger partial charge in [0.05, 0.1) is 37.9 Å². The monoisotopic (exact) mass is 612 g/mol. The van der Waals surface area contributed by atoms with E-state index in [-0.39, 0.29) is 17.6 Å². The van der Waals surface area contributed by atoms with Gasteiger partial charge in [0.1, 0.15) is 17.2 Å². The van der Waals surface area contributed by atoms with E-state index in [4.69, 9.17) is 14.9 Å². The Hall–Kier alpha value is -2.72. The van der Waals surface area contributed by atoms with Gasteiger partial charge < -0.3 is 30.0 Å². The molecule has 1 aromatic carbocycles. The van der Waals surface area contributed by atoms with Crippen molar-refractivity contribution in [1.29, 1.82) is 5.41 Å². The quantitative estimate of drug-likeness (QED) is 0.0813. The Morgan fingerprint density at radius 2 is 1.89 bits per heavy atom. The third kappa shape index (κ3) is 9.81. The van der Waals surface area contributed by atoms with Gasteiger partial charge in [-0.05, 0) is 65.2 Å². The first-order valence-electron chi connectivity index (χ1n) is 11.0. The number of nitrogens with one attached hydrogen (secondary N) is 3. The first kappa shape index (κ1) is 28.5. The number of benzene rings is 1. The average Bonchev–Trinajstić information content (AvgIpc) is 2.88. The number of unbranched alkanes of at least 4 members (excludes halogenated alkanes) is 3. The molecule has 2 rings (SSSR count). The minimum absolute atomic E-state index is 0.179. The number of halogens is 1. The first-order valence-corrected chi connectivity index (χ1v) is 15.1. The third-order valence-corrected chi connectivity index (χ3v) is 6.06. The highest BCUT2D eigenvalue weighted by molar-refractivity contribution is 14.2. The molecule has 0 aliphatic heterocycles. The molecule has 0 saturated carbocycles. The van der Waals surface area contributed by atoms with Gasteiger partial charge >= 0.3 is 5.97 Å². The lowest BCUT2D eigenvalue weighted by Gasteiger charge is -2.13. The summed E-state index contributed by atoms with van der Waals surface area (Å²) in [6.45, 7) is 0.543. The Balaban J connectivity index is 1.95. The highest BCUT2D eigenvalue weighted by Gasteiger charge is 2.14. The van der Waals surface area contributed by atoms with E-state index in [2.05, 4.69) is 42.2 Å². The molecule has 0 fully saturated rings. The highest BCUT2D eigenvalue weighted by Crippen LogP contribution is 2.30. The van der Waals surface area contributed by atoms with Gasteiger partial charge in [-0.15, -0.1) is 0 Å². The van der Waals surface area contributed by atoms with Crippen LogP contribution in [-0.2, 0) is 9.53 Å². The maximum atomic E-state index is 12.8. The van der Waals surface area contributed by atoms with Crippen LogP contribution in [0.3, 0.4) is 0 Å². The zero-order valence-electron chi connectivity index (χ0n) is 19.7. The van der Waals surface area contributed by atoms with E-state index in [0.29, 0.717) is 48.0 Å². The second-order valence-electron chi connectivity index (χ2n) is 7.28. The molecule has 1 heterocycles. The summed E-state index contributed by atoms with van der Waals surface area (Å²) < 4.78 is 15.9. The minimum atomic E-state index is -0.378. The molecule has 0 aliphatic carbocycles. The van der Waals surface area contributed by atoms with E-state index in [1.54, 1.807) is 42.5 Å². The number of allylic oxidation sites excluding steroid dienone is 1. The van der Waals surface area contributed by atoms with Gasteiger partial charge in [-0.25, -0.2) is 4.98 Å². The summed E-state index contributed by atoms with van der Waals surface area (Å²) in [5, 5.41) is 13.3. The van der Waals surface area contributed by atoms with Crippen LogP contribution in [-0.4, -0.2) is 43.9 Å². The number of carbonyl (C=O) groups is 2. The predicted octanol–water partition coefficient (Wildman–Crippen LogP) is 5.37. The maximum Gasteiger partial charge on any atom is 0.305 e. The van der Waals surface area contributed by atoms with E-state index >= 15 is 0 Å². The molecule has 3 N–H and O–H groups in total. The van der Waals surface area contributed by atoms with E-state index in [0.717, 1.165) is 25.7 Å². The number of amides is 1. The number of hydrogen-bond donors (Lipinski definition) is 3. The standard InChI is InChI=1S/C24H30IN4O5P/c1-32-22-16-17(34-15-6-4-3-5-10-23(30)33-2)11-12-20(22)28-24(31)21-9-7-8-18(27-21)19(13-14-26)29-35-25/h7-9,11-14,16,26,29,35H,3-6,10,15H2,1-2H3,(H,28,31)/b19-13-,26-14?. The van der Waals surface area contributed by atoms with Crippen LogP contribution in [0.1, 0.15) is 48.3 Å². The highest BCUT2D eigenvalue weighted by atomic mass is 127. The minimum Gasteiger partial charge on any atom is -0.494 e. The van der Waals surface area contributed by atoms with Gasteiger partial charge in [-0.1, -0.05) is 18.9 Å². The molecule has 1 amide bonds. The fourth-order valence-electron chi connectivity index (χ4n) is 3.10. The van der Waals surface area contributed by atoms with E-state index in [9.17, 15) is 9.59 Å². The number of nitrogens with zero attached hydrogens (tertiary/aromatic N) is 1. The number of anilines is 1. The molecule has 0 spiro atoms. The summed E-state index contributed by atoms with van der Waals surface area (Å²) in [5.41, 5.74) is 1.99. The van der Waals surface area contributed by atoms with Gasteiger partial charge in [0.2, 0.25) is 0 Å². The molecule has 0 bridgehead atoms. The SMILES string of the molecule is COC(=O)CCCCCCOc1ccc(NC(=O)c2cccc(/C(=C/C=N)NPI)n2)c(OC)c1. The first-order chi connectivity index (χ1) is 17.0. The van der Waals surface area contributed by atoms with Crippen LogP contribution in [0, 0.1) is 5.41 Å². The summed E-state index contributed by atoms with van der Waals surface area (Å²) in [6, 6.07) is 10.4. The fraction of sp³-hybridized carbons (Fsp3) is 0.333. The van der Waals surface area contributed by atoms with Crippen molar-refractivity contribution < 1.29 is 23.8 Å². The van der Waals surface area contributed by atoms with Crippen LogP contribution in [0.2, 0.25) is 0 Å². The molecule has 0 aliphatic rings. The van der Waals surface area contributed by atoms with Crippen LogP contribution in [0.4, 0.5) is 5.69 Å².